The van der Waals surface area contributed by atoms with Crippen molar-refractivity contribution in [2.75, 3.05) is 6.61 Å². The number of ether oxygens (including phenoxy) is 1. The highest BCUT2D eigenvalue weighted by molar-refractivity contribution is 5.69. The third-order valence-electron chi connectivity index (χ3n) is 12.1. The van der Waals surface area contributed by atoms with E-state index in [1.165, 1.54) is 244 Å². The summed E-state index contributed by atoms with van der Waals surface area (Å²) in [4.78, 5) is 12.0. The lowest BCUT2D eigenvalue weighted by Gasteiger charge is -2.07. The molecule has 0 saturated heterocycles. The molecule has 0 bridgehead atoms. The zero-order valence-corrected chi connectivity index (χ0v) is 38.3. The minimum Gasteiger partial charge on any atom is -0.466 e. The van der Waals surface area contributed by atoms with Gasteiger partial charge in [-0.1, -0.05) is 270 Å². The summed E-state index contributed by atoms with van der Waals surface area (Å²) >= 11 is 0. The van der Waals surface area contributed by atoms with Crippen molar-refractivity contribution in [2.45, 2.75) is 297 Å². The SMILES string of the molecule is CCCCC/C=C\C/C=C\CCCCCCCC(=O)OCCCCCCCCCCCCCCCCCCCCCCCCCCCCCCCC(C)CC. The van der Waals surface area contributed by atoms with Crippen molar-refractivity contribution >= 4 is 5.97 Å². The van der Waals surface area contributed by atoms with Crippen molar-refractivity contribution in [3.8, 4) is 0 Å². The quantitative estimate of drug-likeness (QED) is 0.0350. The first kappa shape index (κ1) is 53.9. The molecule has 0 spiro atoms. The van der Waals surface area contributed by atoms with Crippen LogP contribution in [-0.4, -0.2) is 12.6 Å². The maximum Gasteiger partial charge on any atom is 0.305 e. The molecule has 0 aromatic carbocycles. The molecular formula is C53H102O2. The highest BCUT2D eigenvalue weighted by Gasteiger charge is 2.03. The summed E-state index contributed by atoms with van der Waals surface area (Å²) in [6.07, 6.45) is 67.4. The van der Waals surface area contributed by atoms with Crippen LogP contribution in [0.2, 0.25) is 0 Å². The molecule has 0 radical (unpaired) electrons. The van der Waals surface area contributed by atoms with Gasteiger partial charge in [-0.25, -0.2) is 0 Å². The fourth-order valence-corrected chi connectivity index (χ4v) is 7.91. The third-order valence-corrected chi connectivity index (χ3v) is 12.1. The molecule has 0 aliphatic heterocycles. The van der Waals surface area contributed by atoms with Crippen LogP contribution in [-0.2, 0) is 9.53 Å². The summed E-state index contributed by atoms with van der Waals surface area (Å²) in [5.74, 6) is 0.954. The van der Waals surface area contributed by atoms with Gasteiger partial charge in [0.1, 0.15) is 0 Å². The number of hydrogen-bond donors (Lipinski definition) is 0. The maximum atomic E-state index is 12.0. The number of carbonyl (C=O) groups excluding carboxylic acids is 1. The Kier molecular flexibility index (Phi) is 48.2. The van der Waals surface area contributed by atoms with E-state index in [2.05, 4.69) is 45.1 Å². The van der Waals surface area contributed by atoms with Crippen LogP contribution in [0.25, 0.3) is 0 Å². The van der Waals surface area contributed by atoms with Crippen molar-refractivity contribution in [1.82, 2.24) is 0 Å². The van der Waals surface area contributed by atoms with E-state index in [0.717, 1.165) is 31.6 Å². The molecule has 0 amide bonds. The number of allylic oxidation sites excluding steroid dienone is 4. The van der Waals surface area contributed by atoms with Crippen LogP contribution in [0.4, 0.5) is 0 Å². The molecular weight excluding hydrogens is 669 g/mol. The predicted octanol–water partition coefficient (Wildman–Crippen LogP) is 19.1. The van der Waals surface area contributed by atoms with Gasteiger partial charge in [-0.05, 0) is 50.9 Å². The molecule has 0 aromatic rings. The Bertz CT molecular complexity index is 768. The topological polar surface area (TPSA) is 26.3 Å². The lowest BCUT2D eigenvalue weighted by atomic mass is 9.99. The Morgan fingerprint density at radius 1 is 0.400 bits per heavy atom. The zero-order valence-electron chi connectivity index (χ0n) is 38.3. The van der Waals surface area contributed by atoms with Gasteiger partial charge in [-0.15, -0.1) is 0 Å². The summed E-state index contributed by atoms with van der Waals surface area (Å²) in [7, 11) is 0. The van der Waals surface area contributed by atoms with E-state index in [0.29, 0.717) is 13.0 Å². The molecule has 326 valence electrons. The normalized spacial score (nSPS) is 12.4. The van der Waals surface area contributed by atoms with E-state index in [1.807, 2.05) is 0 Å². The molecule has 0 aromatic heterocycles. The Balaban J connectivity index is 3.17. The summed E-state index contributed by atoms with van der Waals surface area (Å²) in [6.45, 7) is 7.61. The average molecular weight is 771 g/mol. The van der Waals surface area contributed by atoms with Gasteiger partial charge in [0.2, 0.25) is 0 Å². The molecule has 2 nitrogen and oxygen atoms in total. The van der Waals surface area contributed by atoms with E-state index >= 15 is 0 Å². The molecule has 0 heterocycles. The fraction of sp³-hybridized carbons (Fsp3) is 0.906. The summed E-state index contributed by atoms with van der Waals surface area (Å²) in [5, 5.41) is 0. The van der Waals surface area contributed by atoms with E-state index in [1.54, 1.807) is 0 Å². The molecule has 0 saturated carbocycles. The van der Waals surface area contributed by atoms with Gasteiger partial charge in [0.25, 0.3) is 0 Å². The minimum absolute atomic E-state index is 0.0151. The highest BCUT2D eigenvalue weighted by atomic mass is 16.5. The second-order valence-electron chi connectivity index (χ2n) is 17.8. The first-order chi connectivity index (χ1) is 27.2. The molecule has 2 heteroatoms. The van der Waals surface area contributed by atoms with Gasteiger partial charge >= 0.3 is 5.97 Å². The van der Waals surface area contributed by atoms with Gasteiger partial charge in [0.15, 0.2) is 0 Å². The Labute approximate surface area is 348 Å². The highest BCUT2D eigenvalue weighted by Crippen LogP contribution is 2.18. The van der Waals surface area contributed by atoms with E-state index in [9.17, 15) is 4.79 Å². The third kappa shape index (κ3) is 49.0. The lowest BCUT2D eigenvalue weighted by Crippen LogP contribution is -2.05. The average Bonchev–Trinajstić information content (AvgIpc) is 3.19. The fourth-order valence-electron chi connectivity index (χ4n) is 7.91. The molecule has 55 heavy (non-hydrogen) atoms. The van der Waals surface area contributed by atoms with Gasteiger partial charge in [0.05, 0.1) is 6.61 Å². The second-order valence-corrected chi connectivity index (χ2v) is 17.8. The van der Waals surface area contributed by atoms with Crippen molar-refractivity contribution in [3.05, 3.63) is 24.3 Å². The Morgan fingerprint density at radius 2 is 0.727 bits per heavy atom. The van der Waals surface area contributed by atoms with Gasteiger partial charge < -0.3 is 4.74 Å². The summed E-state index contributed by atoms with van der Waals surface area (Å²) in [6, 6.07) is 0. The van der Waals surface area contributed by atoms with Crippen molar-refractivity contribution in [3.63, 3.8) is 0 Å². The number of esters is 1. The molecule has 0 N–H and O–H groups in total. The number of hydrogen-bond acceptors (Lipinski definition) is 2. The lowest BCUT2D eigenvalue weighted by molar-refractivity contribution is -0.143. The van der Waals surface area contributed by atoms with Crippen LogP contribution in [0.15, 0.2) is 24.3 Å². The minimum atomic E-state index is 0.0151. The first-order valence-corrected chi connectivity index (χ1v) is 25.7. The van der Waals surface area contributed by atoms with Crippen LogP contribution >= 0.6 is 0 Å². The largest absolute Gasteiger partial charge is 0.466 e. The van der Waals surface area contributed by atoms with Crippen LogP contribution in [0.3, 0.4) is 0 Å². The van der Waals surface area contributed by atoms with Crippen molar-refractivity contribution in [2.24, 2.45) is 5.92 Å². The van der Waals surface area contributed by atoms with E-state index < -0.39 is 0 Å². The predicted molar refractivity (Wildman–Crippen MR) is 248 cm³/mol. The van der Waals surface area contributed by atoms with E-state index in [4.69, 9.17) is 4.74 Å². The smallest absolute Gasteiger partial charge is 0.305 e. The number of rotatable bonds is 47. The maximum absolute atomic E-state index is 12.0. The zero-order chi connectivity index (χ0) is 39.8. The summed E-state index contributed by atoms with van der Waals surface area (Å²) < 4.78 is 5.48. The molecule has 0 fully saturated rings. The van der Waals surface area contributed by atoms with E-state index in [-0.39, 0.29) is 5.97 Å². The van der Waals surface area contributed by atoms with Crippen molar-refractivity contribution in [1.29, 1.82) is 0 Å². The van der Waals surface area contributed by atoms with Crippen LogP contribution in [0.5, 0.6) is 0 Å². The van der Waals surface area contributed by atoms with Crippen LogP contribution in [0, 0.1) is 5.92 Å². The summed E-state index contributed by atoms with van der Waals surface area (Å²) in [5.41, 5.74) is 0. The monoisotopic (exact) mass is 771 g/mol. The molecule has 1 unspecified atom stereocenters. The van der Waals surface area contributed by atoms with Crippen LogP contribution < -0.4 is 0 Å². The molecule has 0 rings (SSSR count). The Hall–Kier alpha value is -1.05. The Morgan fingerprint density at radius 3 is 1.11 bits per heavy atom. The molecule has 0 aliphatic rings. The number of unbranched alkanes of at least 4 members (excludes halogenated alkanes) is 36. The van der Waals surface area contributed by atoms with Crippen LogP contribution in [0.1, 0.15) is 297 Å². The van der Waals surface area contributed by atoms with Gasteiger partial charge in [-0.3, -0.25) is 4.79 Å². The second kappa shape index (κ2) is 49.1. The number of carbonyl (C=O) groups is 1. The molecule has 0 aliphatic carbocycles. The standard InChI is InChI=1S/C53H102O2/c1-4-6-7-8-9-10-11-12-28-32-35-38-41-44-47-50-53(54)55-51-48-45-42-39-36-33-30-27-25-23-21-19-17-15-13-14-16-18-20-22-24-26-29-31-34-37-40-43-46-49-52(3)5-2/h9-10,12,28,52H,4-8,11,13-27,29-51H2,1-3H3/b10-9-,28-12-. The molecule has 1 atom stereocenters. The van der Waals surface area contributed by atoms with Crippen molar-refractivity contribution < 1.29 is 9.53 Å². The first-order valence-electron chi connectivity index (χ1n) is 25.7. The van der Waals surface area contributed by atoms with Gasteiger partial charge in [0, 0.05) is 6.42 Å². The van der Waals surface area contributed by atoms with Gasteiger partial charge in [-0.2, -0.15) is 0 Å².